The summed E-state index contributed by atoms with van der Waals surface area (Å²) in [5, 5.41) is 7.72. The van der Waals surface area contributed by atoms with Crippen LogP contribution in [0.1, 0.15) is 27.2 Å². The highest BCUT2D eigenvalue weighted by molar-refractivity contribution is 5.97. The summed E-state index contributed by atoms with van der Waals surface area (Å²) < 4.78 is 15.0. The third-order valence-corrected chi connectivity index (χ3v) is 4.14. The lowest BCUT2D eigenvalue weighted by Gasteiger charge is -2.05. The molecule has 0 N–H and O–H groups in total. The van der Waals surface area contributed by atoms with Gasteiger partial charge in [0.15, 0.2) is 11.4 Å². The molecule has 6 heteroatoms. The zero-order valence-electron chi connectivity index (χ0n) is 13.8. The van der Waals surface area contributed by atoms with Crippen LogP contribution < -0.4 is 0 Å². The van der Waals surface area contributed by atoms with Crippen molar-refractivity contribution in [3.8, 4) is 0 Å². The number of aromatic nitrogens is 4. The van der Waals surface area contributed by atoms with Gasteiger partial charge in [-0.05, 0) is 47.9 Å². The maximum Gasteiger partial charge on any atom is 0.170 e. The minimum atomic E-state index is -0.247. The number of Topliss-reactive ketones (excluding diaryl/α,β-unsaturated/α-hetero) is 1. The van der Waals surface area contributed by atoms with Crippen molar-refractivity contribution in [3.05, 3.63) is 95.5 Å². The molecule has 0 spiro atoms. The topological polar surface area (TPSA) is 60.2 Å². The zero-order chi connectivity index (χ0) is 17.9. The molecule has 4 aromatic rings. The molecule has 1 aromatic carbocycles. The van der Waals surface area contributed by atoms with Crippen molar-refractivity contribution in [2.24, 2.45) is 0 Å². The number of benzene rings is 1. The van der Waals surface area contributed by atoms with Crippen LogP contribution in [-0.4, -0.2) is 25.4 Å². The van der Waals surface area contributed by atoms with Crippen molar-refractivity contribution in [1.29, 1.82) is 0 Å². The largest absolute Gasteiger partial charge is 0.294 e. The van der Waals surface area contributed by atoms with Gasteiger partial charge in [-0.1, -0.05) is 18.2 Å². The van der Waals surface area contributed by atoms with Crippen LogP contribution in [0, 0.1) is 5.82 Å². The molecule has 3 heterocycles. The van der Waals surface area contributed by atoms with Gasteiger partial charge in [0.1, 0.15) is 12.1 Å². The zero-order valence-corrected chi connectivity index (χ0v) is 13.8. The first-order chi connectivity index (χ1) is 12.7. The molecule has 5 nitrogen and oxygen atoms in total. The second-order valence-corrected chi connectivity index (χ2v) is 6.08. The Kier molecular flexibility index (Phi) is 4.23. The number of carbonyl (C=O) groups is 1. The van der Waals surface area contributed by atoms with Crippen molar-refractivity contribution < 1.29 is 9.18 Å². The maximum atomic E-state index is 13.3. The fraction of sp³-hybridized carbons (Fsp3) is 0.100. The third kappa shape index (κ3) is 3.49. The molecule has 0 bridgehead atoms. The first-order valence-electron chi connectivity index (χ1n) is 8.18. The van der Waals surface area contributed by atoms with Crippen LogP contribution in [0.5, 0.6) is 0 Å². The normalized spacial score (nSPS) is 11.0. The predicted molar refractivity (Wildman–Crippen MR) is 94.5 cm³/mol. The van der Waals surface area contributed by atoms with Crippen molar-refractivity contribution in [1.82, 2.24) is 19.6 Å². The molecular weight excluding hydrogens is 331 g/mol. The van der Waals surface area contributed by atoms with E-state index in [1.807, 2.05) is 18.2 Å². The van der Waals surface area contributed by atoms with Crippen LogP contribution in [0.3, 0.4) is 0 Å². The Morgan fingerprint density at radius 2 is 2.00 bits per heavy atom. The van der Waals surface area contributed by atoms with Gasteiger partial charge in [0.05, 0.1) is 6.42 Å². The van der Waals surface area contributed by atoms with E-state index in [1.54, 1.807) is 41.3 Å². The number of hydrogen-bond acceptors (Lipinski definition) is 4. The molecule has 0 amide bonds. The lowest BCUT2D eigenvalue weighted by atomic mass is 10.0. The molecule has 0 aliphatic rings. The van der Waals surface area contributed by atoms with Gasteiger partial charge in [0, 0.05) is 23.7 Å². The van der Waals surface area contributed by atoms with E-state index in [1.165, 1.54) is 12.1 Å². The Balaban J connectivity index is 1.45. The molecule has 4 rings (SSSR count). The van der Waals surface area contributed by atoms with Gasteiger partial charge >= 0.3 is 0 Å². The standard InChI is InChI=1S/C20H15FN4O/c21-17-3-1-2-14(9-17)8-15-4-6-18(22-11-15)10-19(26)16-5-7-20-24-23-13-25(20)12-16/h1-7,9,11-13H,8,10H2. The molecule has 0 atom stereocenters. The number of nitrogens with zero attached hydrogens (tertiary/aromatic N) is 4. The monoisotopic (exact) mass is 346 g/mol. The van der Waals surface area contributed by atoms with Crippen LogP contribution in [0.15, 0.2) is 67.3 Å². The number of fused-ring (bicyclic) bond motifs is 1. The SMILES string of the molecule is O=C(Cc1ccc(Cc2cccc(F)c2)cn1)c1ccc2nncn2c1. The van der Waals surface area contributed by atoms with Gasteiger partial charge in [-0.2, -0.15) is 0 Å². The van der Waals surface area contributed by atoms with Gasteiger partial charge in [-0.25, -0.2) is 4.39 Å². The highest BCUT2D eigenvalue weighted by Crippen LogP contribution is 2.12. The lowest BCUT2D eigenvalue weighted by molar-refractivity contribution is 0.0991. The Hall–Kier alpha value is -3.41. The van der Waals surface area contributed by atoms with E-state index in [9.17, 15) is 9.18 Å². The summed E-state index contributed by atoms with van der Waals surface area (Å²) in [6, 6.07) is 13.8. The van der Waals surface area contributed by atoms with Crippen LogP contribution in [-0.2, 0) is 12.8 Å². The summed E-state index contributed by atoms with van der Waals surface area (Å²) >= 11 is 0. The number of carbonyl (C=O) groups excluding carboxylic acids is 1. The van der Waals surface area contributed by atoms with Gasteiger partial charge in [0.25, 0.3) is 0 Å². The number of ketones is 1. The summed E-state index contributed by atoms with van der Waals surface area (Å²) in [4.78, 5) is 16.8. The van der Waals surface area contributed by atoms with Gasteiger partial charge in [-0.15, -0.1) is 10.2 Å². The lowest BCUT2D eigenvalue weighted by Crippen LogP contribution is -2.06. The number of pyridine rings is 2. The maximum absolute atomic E-state index is 13.3. The predicted octanol–water partition coefficient (Wildman–Crippen LogP) is 3.28. The van der Waals surface area contributed by atoms with E-state index in [2.05, 4.69) is 15.2 Å². The Morgan fingerprint density at radius 1 is 1.08 bits per heavy atom. The average Bonchev–Trinajstić information content (AvgIpc) is 3.11. The van der Waals surface area contributed by atoms with Crippen LogP contribution in [0.2, 0.25) is 0 Å². The molecule has 0 radical (unpaired) electrons. The minimum Gasteiger partial charge on any atom is -0.294 e. The third-order valence-electron chi connectivity index (χ3n) is 4.14. The van der Waals surface area contributed by atoms with E-state index >= 15 is 0 Å². The highest BCUT2D eigenvalue weighted by Gasteiger charge is 2.10. The summed E-state index contributed by atoms with van der Waals surface area (Å²) in [6.07, 6.45) is 5.83. The average molecular weight is 346 g/mol. The molecule has 0 saturated heterocycles. The highest BCUT2D eigenvalue weighted by atomic mass is 19.1. The smallest absolute Gasteiger partial charge is 0.170 e. The van der Waals surface area contributed by atoms with E-state index in [-0.39, 0.29) is 18.0 Å². The molecule has 26 heavy (non-hydrogen) atoms. The van der Waals surface area contributed by atoms with E-state index in [0.717, 1.165) is 11.1 Å². The summed E-state index contributed by atoms with van der Waals surface area (Å²) in [5.74, 6) is -0.270. The number of hydrogen-bond donors (Lipinski definition) is 0. The van der Waals surface area contributed by atoms with Gasteiger partial charge in [0.2, 0.25) is 0 Å². The fourth-order valence-corrected chi connectivity index (χ4v) is 2.81. The van der Waals surface area contributed by atoms with E-state index < -0.39 is 0 Å². The van der Waals surface area contributed by atoms with E-state index in [4.69, 9.17) is 0 Å². The van der Waals surface area contributed by atoms with Gasteiger partial charge < -0.3 is 0 Å². The molecule has 0 fully saturated rings. The van der Waals surface area contributed by atoms with Crippen LogP contribution >= 0.6 is 0 Å². The van der Waals surface area contributed by atoms with Gasteiger partial charge in [-0.3, -0.25) is 14.2 Å². The molecular formula is C20H15FN4O. The molecule has 0 saturated carbocycles. The Labute approximate surface area is 149 Å². The first kappa shape index (κ1) is 16.1. The molecule has 0 aliphatic carbocycles. The Bertz CT molecular complexity index is 1070. The summed E-state index contributed by atoms with van der Waals surface area (Å²) in [5.41, 5.74) is 3.83. The molecule has 0 aliphatic heterocycles. The fourth-order valence-electron chi connectivity index (χ4n) is 2.81. The van der Waals surface area contributed by atoms with Crippen molar-refractivity contribution in [3.63, 3.8) is 0 Å². The number of halogens is 1. The van der Waals surface area contributed by atoms with Crippen molar-refractivity contribution in [2.75, 3.05) is 0 Å². The van der Waals surface area contributed by atoms with Crippen LogP contribution in [0.25, 0.3) is 5.65 Å². The summed E-state index contributed by atoms with van der Waals surface area (Å²) in [6.45, 7) is 0. The first-order valence-corrected chi connectivity index (χ1v) is 8.18. The summed E-state index contributed by atoms with van der Waals surface area (Å²) in [7, 11) is 0. The van der Waals surface area contributed by atoms with Crippen molar-refractivity contribution >= 4 is 11.4 Å². The Morgan fingerprint density at radius 3 is 2.81 bits per heavy atom. The van der Waals surface area contributed by atoms with Crippen LogP contribution in [0.4, 0.5) is 4.39 Å². The molecule has 128 valence electrons. The quantitative estimate of drug-likeness (QED) is 0.520. The molecule has 0 unspecified atom stereocenters. The molecule has 3 aromatic heterocycles. The second kappa shape index (κ2) is 6.84. The van der Waals surface area contributed by atoms with Crippen molar-refractivity contribution in [2.45, 2.75) is 12.8 Å². The minimum absolute atomic E-state index is 0.0222. The number of rotatable bonds is 5. The second-order valence-electron chi connectivity index (χ2n) is 6.08. The van der Waals surface area contributed by atoms with E-state index in [0.29, 0.717) is 23.3 Å².